The number of nitrogens with one attached hydrogen (secondary N) is 2. The molecule has 2 N–H and O–H groups in total. The van der Waals surface area contributed by atoms with Crippen LogP contribution in [0.1, 0.15) is 62.7 Å². The first-order valence-electron chi connectivity index (χ1n) is 12.2. The van der Waals surface area contributed by atoms with Gasteiger partial charge in [0.1, 0.15) is 0 Å². The van der Waals surface area contributed by atoms with Crippen LogP contribution in [-0.4, -0.2) is 72.4 Å². The van der Waals surface area contributed by atoms with Crippen LogP contribution in [0.25, 0.3) is 0 Å². The largest absolute Gasteiger partial charge is 0.352 e. The number of carbonyl (C=O) groups excluding carboxylic acids is 1. The fraction of sp³-hybridized carbons (Fsp3) is 0.667. The zero-order chi connectivity index (χ0) is 23.4. The van der Waals surface area contributed by atoms with Gasteiger partial charge in [0.05, 0.1) is 17.5 Å². The molecule has 1 amide bonds. The maximum atomic E-state index is 12.5. The summed E-state index contributed by atoms with van der Waals surface area (Å²) in [7, 11) is -2.94. The number of fused-ring (bicyclic) bond motifs is 1. The Balaban J connectivity index is 1.21. The van der Waals surface area contributed by atoms with Gasteiger partial charge in [0, 0.05) is 41.7 Å². The molecule has 1 aromatic carbocycles. The van der Waals surface area contributed by atoms with Crippen molar-refractivity contribution in [3.05, 3.63) is 29.8 Å². The fourth-order valence-electron chi connectivity index (χ4n) is 5.09. The third-order valence-electron chi connectivity index (χ3n) is 6.80. The van der Waals surface area contributed by atoms with Crippen molar-refractivity contribution in [3.8, 4) is 0 Å². The van der Waals surface area contributed by atoms with Crippen LogP contribution < -0.4 is 10.6 Å². The molecule has 0 radical (unpaired) electrons. The van der Waals surface area contributed by atoms with Gasteiger partial charge >= 0.3 is 0 Å². The SMILES string of the molecule is CC(C)N(CCCNC(=O)c1ccc(NC2=N[C@H]3CS(=O)(=O)C[C@H]3S2)cc1)C1CCCCC1. The highest BCUT2D eigenvalue weighted by Gasteiger charge is 2.42. The molecule has 2 fully saturated rings. The summed E-state index contributed by atoms with van der Waals surface area (Å²) in [5.41, 5.74) is 1.48. The smallest absolute Gasteiger partial charge is 0.251 e. The zero-order valence-corrected chi connectivity index (χ0v) is 21.3. The molecule has 0 spiro atoms. The fourth-order valence-corrected chi connectivity index (χ4v) is 8.76. The molecule has 33 heavy (non-hydrogen) atoms. The monoisotopic (exact) mass is 492 g/mol. The molecule has 4 rings (SSSR count). The lowest BCUT2D eigenvalue weighted by Gasteiger charge is -2.37. The van der Waals surface area contributed by atoms with Gasteiger partial charge in [-0.05, 0) is 57.4 Å². The van der Waals surface area contributed by atoms with Crippen LogP contribution in [0, 0.1) is 0 Å². The molecule has 1 saturated carbocycles. The van der Waals surface area contributed by atoms with Crippen molar-refractivity contribution in [2.75, 3.05) is 29.9 Å². The normalized spacial score (nSPS) is 24.7. The van der Waals surface area contributed by atoms with E-state index in [9.17, 15) is 13.2 Å². The van der Waals surface area contributed by atoms with E-state index in [0.717, 1.165) is 23.8 Å². The number of hydrogen-bond acceptors (Lipinski definition) is 7. The number of carbonyl (C=O) groups is 1. The van der Waals surface area contributed by atoms with Crippen LogP contribution in [0.5, 0.6) is 0 Å². The van der Waals surface area contributed by atoms with Gasteiger partial charge in [0.25, 0.3) is 5.91 Å². The minimum absolute atomic E-state index is 0.0206. The summed E-state index contributed by atoms with van der Waals surface area (Å²) in [6.07, 6.45) is 7.60. The van der Waals surface area contributed by atoms with E-state index in [4.69, 9.17) is 0 Å². The number of hydrogen-bond donors (Lipinski definition) is 2. The molecule has 7 nitrogen and oxygen atoms in total. The van der Waals surface area contributed by atoms with E-state index in [-0.39, 0.29) is 28.7 Å². The van der Waals surface area contributed by atoms with E-state index >= 15 is 0 Å². The predicted octanol–water partition coefficient (Wildman–Crippen LogP) is 3.53. The highest BCUT2D eigenvalue weighted by Crippen LogP contribution is 2.34. The molecular formula is C24H36N4O3S2. The van der Waals surface area contributed by atoms with E-state index in [1.807, 2.05) is 24.3 Å². The van der Waals surface area contributed by atoms with Gasteiger partial charge in [-0.15, -0.1) is 0 Å². The number of amides is 1. The van der Waals surface area contributed by atoms with Gasteiger partial charge in [-0.2, -0.15) is 0 Å². The summed E-state index contributed by atoms with van der Waals surface area (Å²) in [5, 5.41) is 7.08. The molecule has 1 aliphatic carbocycles. The Morgan fingerprint density at radius 2 is 1.88 bits per heavy atom. The second-order valence-electron chi connectivity index (χ2n) is 9.67. The molecule has 0 aromatic heterocycles. The lowest BCUT2D eigenvalue weighted by atomic mass is 9.93. The maximum Gasteiger partial charge on any atom is 0.251 e. The number of aliphatic imine (C=N–C) groups is 1. The first kappa shape index (κ1) is 24.5. The topological polar surface area (TPSA) is 90.9 Å². The molecule has 2 aliphatic heterocycles. The second-order valence-corrected chi connectivity index (χ2v) is 13.1. The zero-order valence-electron chi connectivity index (χ0n) is 19.6. The first-order chi connectivity index (χ1) is 15.8. The Hall–Kier alpha value is -1.58. The lowest BCUT2D eigenvalue weighted by molar-refractivity contribution is 0.0942. The molecule has 9 heteroatoms. The molecule has 3 aliphatic rings. The number of benzene rings is 1. The van der Waals surface area contributed by atoms with Crippen LogP contribution >= 0.6 is 11.8 Å². The third kappa shape index (κ3) is 6.51. The molecule has 1 saturated heterocycles. The van der Waals surface area contributed by atoms with Crippen LogP contribution in [0.15, 0.2) is 29.3 Å². The Kier molecular flexibility index (Phi) is 8.02. The average molecular weight is 493 g/mol. The number of amidine groups is 1. The summed E-state index contributed by atoms with van der Waals surface area (Å²) in [6, 6.07) is 8.45. The second kappa shape index (κ2) is 10.8. The number of rotatable bonds is 8. The minimum atomic E-state index is -2.94. The molecule has 182 valence electrons. The molecule has 0 unspecified atom stereocenters. The molecule has 2 atom stereocenters. The molecule has 1 aromatic rings. The van der Waals surface area contributed by atoms with Crippen molar-refractivity contribution in [1.82, 2.24) is 10.2 Å². The van der Waals surface area contributed by atoms with Crippen molar-refractivity contribution in [1.29, 1.82) is 0 Å². The average Bonchev–Trinajstić information content (AvgIpc) is 3.26. The third-order valence-corrected chi connectivity index (χ3v) is 9.94. The van der Waals surface area contributed by atoms with Gasteiger partial charge in [0.2, 0.25) is 0 Å². The summed E-state index contributed by atoms with van der Waals surface area (Å²) < 4.78 is 23.4. The molecular weight excluding hydrogens is 456 g/mol. The van der Waals surface area contributed by atoms with Crippen molar-refractivity contribution >= 4 is 38.4 Å². The van der Waals surface area contributed by atoms with Gasteiger partial charge in [-0.1, -0.05) is 31.0 Å². The molecule has 0 bridgehead atoms. The van der Waals surface area contributed by atoms with Gasteiger partial charge < -0.3 is 10.6 Å². The first-order valence-corrected chi connectivity index (χ1v) is 14.9. The number of thioether (sulfide) groups is 1. The Bertz CT molecular complexity index is 956. The van der Waals surface area contributed by atoms with E-state index in [0.29, 0.717) is 24.2 Å². The van der Waals surface area contributed by atoms with Crippen LogP contribution in [-0.2, 0) is 9.84 Å². The Morgan fingerprint density at radius 1 is 1.15 bits per heavy atom. The van der Waals surface area contributed by atoms with Gasteiger partial charge in [-0.3, -0.25) is 14.7 Å². The van der Waals surface area contributed by atoms with Crippen molar-refractivity contribution in [2.45, 2.75) is 75.7 Å². The van der Waals surface area contributed by atoms with E-state index in [2.05, 4.69) is 34.4 Å². The Morgan fingerprint density at radius 3 is 2.55 bits per heavy atom. The maximum absolute atomic E-state index is 12.5. The highest BCUT2D eigenvalue weighted by molar-refractivity contribution is 8.15. The Labute approximate surface area is 202 Å². The summed E-state index contributed by atoms with van der Waals surface area (Å²) in [6.45, 7) is 6.24. The van der Waals surface area contributed by atoms with E-state index in [1.165, 1.54) is 43.9 Å². The van der Waals surface area contributed by atoms with Crippen molar-refractivity contribution < 1.29 is 13.2 Å². The number of sulfone groups is 1. The van der Waals surface area contributed by atoms with Crippen LogP contribution in [0.3, 0.4) is 0 Å². The summed E-state index contributed by atoms with van der Waals surface area (Å²) in [5.74, 6) is 0.290. The standard InChI is InChI=1S/C24H36N4O3S2/c1-17(2)28(20-7-4-3-5-8-20)14-6-13-25-23(29)18-9-11-19(12-10-18)26-24-27-21-15-33(30,31)16-22(21)32-24/h9-12,17,20-22H,3-8,13-16H2,1-2H3,(H,25,29)(H,26,27)/t21-,22+/m0/s1. The van der Waals surface area contributed by atoms with Crippen LogP contribution in [0.4, 0.5) is 5.69 Å². The lowest BCUT2D eigenvalue weighted by Crippen LogP contribution is -2.43. The minimum Gasteiger partial charge on any atom is -0.352 e. The van der Waals surface area contributed by atoms with E-state index < -0.39 is 9.84 Å². The highest BCUT2D eigenvalue weighted by atomic mass is 32.2. The number of anilines is 1. The van der Waals surface area contributed by atoms with Crippen LogP contribution in [0.2, 0.25) is 0 Å². The van der Waals surface area contributed by atoms with Gasteiger partial charge in [0.15, 0.2) is 15.0 Å². The van der Waals surface area contributed by atoms with Crippen molar-refractivity contribution in [3.63, 3.8) is 0 Å². The van der Waals surface area contributed by atoms with E-state index in [1.54, 1.807) is 0 Å². The van der Waals surface area contributed by atoms with Gasteiger partial charge in [-0.25, -0.2) is 8.42 Å². The summed E-state index contributed by atoms with van der Waals surface area (Å²) in [4.78, 5) is 19.7. The predicted molar refractivity (Wildman–Crippen MR) is 137 cm³/mol. The van der Waals surface area contributed by atoms with Crippen molar-refractivity contribution in [2.24, 2.45) is 4.99 Å². The quantitative estimate of drug-likeness (QED) is 0.540. The number of nitrogens with zero attached hydrogens (tertiary/aromatic N) is 2. The summed E-state index contributed by atoms with van der Waals surface area (Å²) >= 11 is 1.49. The molecule has 2 heterocycles.